The third-order valence-corrected chi connectivity index (χ3v) is 4.30. The van der Waals surface area contributed by atoms with E-state index in [1.54, 1.807) is 6.92 Å². The molecule has 1 fully saturated rings. The summed E-state index contributed by atoms with van der Waals surface area (Å²) in [6, 6.07) is 3.96. The molecule has 0 aromatic heterocycles. The summed E-state index contributed by atoms with van der Waals surface area (Å²) in [5, 5.41) is 12.3. The molecule has 2 amide bonds. The first kappa shape index (κ1) is 16.5. The minimum Gasteiger partial charge on any atom is -0.393 e. The highest BCUT2D eigenvalue weighted by Gasteiger charge is 2.32. The van der Waals surface area contributed by atoms with Gasteiger partial charge in [-0.15, -0.1) is 0 Å². The fraction of sp³-hybridized carbons (Fsp3) is 0.529. The van der Waals surface area contributed by atoms with Crippen molar-refractivity contribution < 1.29 is 14.7 Å². The number of nitrogens with one attached hydrogen (secondary N) is 1. The van der Waals surface area contributed by atoms with Crippen molar-refractivity contribution in [3.05, 3.63) is 28.8 Å². The zero-order valence-corrected chi connectivity index (χ0v) is 13.6. The van der Waals surface area contributed by atoms with Crippen molar-refractivity contribution in [3.8, 4) is 0 Å². The second-order valence-electron chi connectivity index (χ2n) is 6.27. The molecular weight excluding hydrogens is 280 g/mol. The molecule has 2 rings (SSSR count). The third kappa shape index (κ3) is 3.47. The number of hydrogen-bond donors (Lipinski definition) is 2. The summed E-state index contributed by atoms with van der Waals surface area (Å²) in [5.41, 5.74) is 3.72. The van der Waals surface area contributed by atoms with Crippen LogP contribution in [0.4, 0.5) is 5.69 Å². The van der Waals surface area contributed by atoms with Crippen LogP contribution in [0.25, 0.3) is 0 Å². The van der Waals surface area contributed by atoms with Crippen LogP contribution in [-0.4, -0.2) is 41.0 Å². The van der Waals surface area contributed by atoms with Gasteiger partial charge in [0.15, 0.2) is 0 Å². The fourth-order valence-electron chi connectivity index (χ4n) is 3.05. The van der Waals surface area contributed by atoms with Crippen molar-refractivity contribution in [1.29, 1.82) is 0 Å². The molecule has 1 heterocycles. The Morgan fingerprint density at radius 2 is 1.86 bits per heavy atom. The molecule has 0 spiro atoms. The van der Waals surface area contributed by atoms with Crippen LogP contribution in [0.3, 0.4) is 0 Å². The summed E-state index contributed by atoms with van der Waals surface area (Å²) in [5.74, 6) is -1.08. The number of benzene rings is 1. The van der Waals surface area contributed by atoms with Gasteiger partial charge >= 0.3 is 11.8 Å². The molecule has 120 valence electrons. The van der Waals surface area contributed by atoms with Gasteiger partial charge in [0.05, 0.1) is 6.10 Å². The minimum atomic E-state index is -0.610. The number of amides is 2. The largest absolute Gasteiger partial charge is 0.393 e. The Morgan fingerprint density at radius 3 is 2.36 bits per heavy atom. The Kier molecular flexibility index (Phi) is 4.86. The molecule has 0 saturated carbocycles. The van der Waals surface area contributed by atoms with E-state index >= 15 is 0 Å². The lowest BCUT2D eigenvalue weighted by Crippen LogP contribution is -2.39. The lowest BCUT2D eigenvalue weighted by molar-refractivity contribution is -0.142. The van der Waals surface area contributed by atoms with Crippen LogP contribution in [0.5, 0.6) is 0 Å². The number of nitrogens with zero attached hydrogens (tertiary/aromatic N) is 1. The zero-order chi connectivity index (χ0) is 16.4. The van der Waals surface area contributed by atoms with E-state index in [0.717, 1.165) is 23.1 Å². The van der Waals surface area contributed by atoms with Gasteiger partial charge in [-0.1, -0.05) is 17.7 Å². The Bertz CT molecular complexity index is 573. The van der Waals surface area contributed by atoms with Crippen LogP contribution in [0.2, 0.25) is 0 Å². The molecular formula is C17H24N2O3. The molecule has 0 bridgehead atoms. The highest BCUT2D eigenvalue weighted by Crippen LogP contribution is 2.23. The maximum absolute atomic E-state index is 12.2. The second-order valence-corrected chi connectivity index (χ2v) is 6.27. The molecule has 5 heteroatoms. The second kappa shape index (κ2) is 6.48. The van der Waals surface area contributed by atoms with E-state index in [1.807, 2.05) is 32.9 Å². The Hall–Kier alpha value is -1.88. The van der Waals surface area contributed by atoms with Crippen molar-refractivity contribution in [2.24, 2.45) is 5.92 Å². The van der Waals surface area contributed by atoms with Crippen LogP contribution < -0.4 is 5.32 Å². The highest BCUT2D eigenvalue weighted by atomic mass is 16.3. The number of anilines is 1. The third-order valence-electron chi connectivity index (χ3n) is 4.30. The fourth-order valence-corrected chi connectivity index (χ4v) is 3.05. The first-order valence-electron chi connectivity index (χ1n) is 7.65. The molecule has 0 radical (unpaired) electrons. The topological polar surface area (TPSA) is 69.6 Å². The number of aliphatic hydroxyl groups excluding tert-OH is 1. The van der Waals surface area contributed by atoms with E-state index in [4.69, 9.17) is 0 Å². The quantitative estimate of drug-likeness (QED) is 0.818. The van der Waals surface area contributed by atoms with Crippen molar-refractivity contribution in [2.45, 2.75) is 40.2 Å². The van der Waals surface area contributed by atoms with Crippen LogP contribution in [0, 0.1) is 26.7 Å². The smallest absolute Gasteiger partial charge is 0.313 e. The molecule has 0 aliphatic carbocycles. The van der Waals surface area contributed by atoms with E-state index in [2.05, 4.69) is 5.32 Å². The van der Waals surface area contributed by atoms with Crippen molar-refractivity contribution in [1.82, 2.24) is 4.90 Å². The number of aliphatic hydroxyl groups is 1. The van der Waals surface area contributed by atoms with Gasteiger partial charge in [0.1, 0.15) is 0 Å². The monoisotopic (exact) mass is 304 g/mol. The SMILES string of the molecule is Cc1cc(C)c(NC(=O)C(=O)N2CCC(C(C)O)C2)c(C)c1. The van der Waals surface area contributed by atoms with Crippen molar-refractivity contribution >= 4 is 17.5 Å². The van der Waals surface area contributed by atoms with Gasteiger partial charge in [-0.2, -0.15) is 0 Å². The van der Waals surface area contributed by atoms with Crippen LogP contribution in [0.1, 0.15) is 30.0 Å². The number of rotatable bonds is 2. The molecule has 2 N–H and O–H groups in total. The summed E-state index contributed by atoms with van der Waals surface area (Å²) in [4.78, 5) is 26.0. The predicted molar refractivity (Wildman–Crippen MR) is 85.7 cm³/mol. The van der Waals surface area contributed by atoms with E-state index in [-0.39, 0.29) is 5.92 Å². The lowest BCUT2D eigenvalue weighted by atomic mass is 10.0. The highest BCUT2D eigenvalue weighted by molar-refractivity contribution is 6.39. The summed E-state index contributed by atoms with van der Waals surface area (Å²) >= 11 is 0. The van der Waals surface area contributed by atoms with E-state index < -0.39 is 17.9 Å². The van der Waals surface area contributed by atoms with E-state index in [0.29, 0.717) is 18.8 Å². The zero-order valence-electron chi connectivity index (χ0n) is 13.6. The van der Waals surface area contributed by atoms with Crippen molar-refractivity contribution in [3.63, 3.8) is 0 Å². The summed E-state index contributed by atoms with van der Waals surface area (Å²) < 4.78 is 0. The average Bonchev–Trinajstić information content (AvgIpc) is 2.91. The molecule has 2 unspecified atom stereocenters. The molecule has 1 saturated heterocycles. The number of carbonyl (C=O) groups is 2. The summed E-state index contributed by atoms with van der Waals surface area (Å²) in [6.45, 7) is 8.51. The number of carbonyl (C=O) groups excluding carboxylic acids is 2. The van der Waals surface area contributed by atoms with Gasteiger partial charge in [-0.25, -0.2) is 0 Å². The molecule has 1 aliphatic heterocycles. The van der Waals surface area contributed by atoms with Gasteiger partial charge in [0, 0.05) is 24.7 Å². The standard InChI is InChI=1S/C17H24N2O3/c1-10-7-11(2)15(12(3)8-10)18-16(21)17(22)19-6-5-14(9-19)13(4)20/h7-8,13-14,20H,5-6,9H2,1-4H3,(H,18,21). The molecule has 1 aromatic rings. The van der Waals surface area contributed by atoms with Crippen LogP contribution in [-0.2, 0) is 9.59 Å². The minimum absolute atomic E-state index is 0.0552. The van der Waals surface area contributed by atoms with Gasteiger partial charge in [0.25, 0.3) is 0 Å². The predicted octanol–water partition coefficient (Wildman–Crippen LogP) is 1.78. The molecule has 1 aromatic carbocycles. The average molecular weight is 304 g/mol. The lowest BCUT2D eigenvalue weighted by Gasteiger charge is -2.18. The Morgan fingerprint density at radius 1 is 1.27 bits per heavy atom. The number of likely N-dealkylation sites (tertiary alicyclic amines) is 1. The van der Waals surface area contributed by atoms with Crippen molar-refractivity contribution in [2.75, 3.05) is 18.4 Å². The molecule has 1 aliphatic rings. The first-order valence-corrected chi connectivity index (χ1v) is 7.65. The maximum Gasteiger partial charge on any atom is 0.313 e. The Labute approximate surface area is 131 Å². The molecule has 5 nitrogen and oxygen atoms in total. The van der Waals surface area contributed by atoms with Gasteiger partial charge in [0.2, 0.25) is 0 Å². The summed E-state index contributed by atoms with van der Waals surface area (Å²) in [6.07, 6.45) is 0.279. The normalized spacial score (nSPS) is 19.1. The van der Waals surface area contributed by atoms with Gasteiger partial charge < -0.3 is 15.3 Å². The number of hydrogen-bond acceptors (Lipinski definition) is 3. The van der Waals surface area contributed by atoms with Crippen LogP contribution in [0.15, 0.2) is 12.1 Å². The van der Waals surface area contributed by atoms with E-state index in [1.165, 1.54) is 4.90 Å². The van der Waals surface area contributed by atoms with E-state index in [9.17, 15) is 14.7 Å². The molecule has 22 heavy (non-hydrogen) atoms. The first-order chi connectivity index (χ1) is 10.3. The maximum atomic E-state index is 12.2. The number of aryl methyl sites for hydroxylation is 3. The van der Waals surface area contributed by atoms with Gasteiger partial charge in [-0.05, 0) is 45.2 Å². The van der Waals surface area contributed by atoms with Crippen LogP contribution >= 0.6 is 0 Å². The van der Waals surface area contributed by atoms with Gasteiger partial charge in [-0.3, -0.25) is 9.59 Å². The summed E-state index contributed by atoms with van der Waals surface area (Å²) in [7, 11) is 0. The molecule has 2 atom stereocenters. The Balaban J connectivity index is 2.06.